The lowest BCUT2D eigenvalue weighted by molar-refractivity contribution is 0.620. The molecule has 3 nitrogen and oxygen atoms in total. The molecule has 0 unspecified atom stereocenters. The molecule has 0 spiro atoms. The van der Waals surface area contributed by atoms with E-state index in [0.717, 1.165) is 28.9 Å². The maximum atomic E-state index is 5.98. The molecule has 96 valence electrons. The first-order valence-electron chi connectivity index (χ1n) is 6.16. The molecule has 0 radical (unpaired) electrons. The predicted octanol–water partition coefficient (Wildman–Crippen LogP) is 4.58. The summed E-state index contributed by atoms with van der Waals surface area (Å²) in [4.78, 5) is 4.47. The first kappa shape index (κ1) is 12.1. The molecule has 0 bridgehead atoms. The number of nitrogens with zero attached hydrogens (tertiary/aromatic N) is 1. The number of aromatic nitrogens is 1. The average Bonchev–Trinajstić information content (AvgIpc) is 2.82. The summed E-state index contributed by atoms with van der Waals surface area (Å²) >= 11 is 5.98. The SMILES string of the molecule is CCNc1ccc2nc(-c3cccc(Cl)c3)oc2c1. The summed E-state index contributed by atoms with van der Waals surface area (Å²) in [6, 6.07) is 13.4. The molecular formula is C15H13ClN2O. The largest absolute Gasteiger partial charge is 0.436 e. The third kappa shape index (κ3) is 2.42. The summed E-state index contributed by atoms with van der Waals surface area (Å²) in [5, 5.41) is 3.92. The minimum atomic E-state index is 0.589. The third-order valence-corrected chi connectivity index (χ3v) is 3.08. The van der Waals surface area contributed by atoms with E-state index < -0.39 is 0 Å². The summed E-state index contributed by atoms with van der Waals surface area (Å²) in [7, 11) is 0. The van der Waals surface area contributed by atoms with Gasteiger partial charge in [0.1, 0.15) is 5.52 Å². The molecule has 0 amide bonds. The van der Waals surface area contributed by atoms with Crippen molar-refractivity contribution in [1.82, 2.24) is 4.98 Å². The number of nitrogens with one attached hydrogen (secondary N) is 1. The van der Waals surface area contributed by atoms with Gasteiger partial charge in [-0.1, -0.05) is 17.7 Å². The molecule has 19 heavy (non-hydrogen) atoms. The Labute approximate surface area is 116 Å². The van der Waals surface area contributed by atoms with Crippen molar-refractivity contribution >= 4 is 28.4 Å². The van der Waals surface area contributed by atoms with Crippen molar-refractivity contribution in [3.63, 3.8) is 0 Å². The highest BCUT2D eigenvalue weighted by Gasteiger charge is 2.08. The summed E-state index contributed by atoms with van der Waals surface area (Å²) in [5.41, 5.74) is 3.53. The van der Waals surface area contributed by atoms with Crippen molar-refractivity contribution in [1.29, 1.82) is 0 Å². The normalized spacial score (nSPS) is 10.8. The second kappa shape index (κ2) is 4.94. The maximum Gasteiger partial charge on any atom is 0.227 e. The standard InChI is InChI=1S/C15H13ClN2O/c1-2-17-12-6-7-13-14(9-12)19-15(18-13)10-4-3-5-11(16)8-10/h3-9,17H,2H2,1H3. The number of hydrogen-bond donors (Lipinski definition) is 1. The number of hydrogen-bond acceptors (Lipinski definition) is 3. The van der Waals surface area contributed by atoms with Crippen LogP contribution in [0.25, 0.3) is 22.6 Å². The number of halogens is 1. The first-order valence-corrected chi connectivity index (χ1v) is 6.54. The van der Waals surface area contributed by atoms with Crippen molar-refractivity contribution in [3.05, 3.63) is 47.5 Å². The minimum Gasteiger partial charge on any atom is -0.436 e. The molecule has 3 aromatic rings. The van der Waals surface area contributed by atoms with E-state index in [1.807, 2.05) is 42.5 Å². The summed E-state index contributed by atoms with van der Waals surface area (Å²) in [6.07, 6.45) is 0. The van der Waals surface area contributed by atoms with Gasteiger partial charge in [-0.3, -0.25) is 0 Å². The van der Waals surface area contributed by atoms with E-state index in [1.165, 1.54) is 0 Å². The van der Waals surface area contributed by atoms with Crippen LogP contribution in [-0.4, -0.2) is 11.5 Å². The smallest absolute Gasteiger partial charge is 0.227 e. The fourth-order valence-corrected chi connectivity index (χ4v) is 2.17. The van der Waals surface area contributed by atoms with E-state index in [-0.39, 0.29) is 0 Å². The van der Waals surface area contributed by atoms with Gasteiger partial charge in [0.15, 0.2) is 5.58 Å². The number of benzene rings is 2. The lowest BCUT2D eigenvalue weighted by Crippen LogP contribution is -1.95. The van der Waals surface area contributed by atoms with E-state index in [0.29, 0.717) is 10.9 Å². The Bertz CT molecular complexity index is 721. The highest BCUT2D eigenvalue weighted by molar-refractivity contribution is 6.30. The Kier molecular flexibility index (Phi) is 3.13. The Hall–Kier alpha value is -2.00. The highest BCUT2D eigenvalue weighted by atomic mass is 35.5. The Morgan fingerprint density at radius 3 is 2.89 bits per heavy atom. The summed E-state index contributed by atoms with van der Waals surface area (Å²) in [5.74, 6) is 0.589. The van der Waals surface area contributed by atoms with Gasteiger partial charge in [-0.2, -0.15) is 0 Å². The second-order valence-corrected chi connectivity index (χ2v) is 4.68. The molecule has 0 aliphatic heterocycles. The van der Waals surface area contributed by atoms with Crippen molar-refractivity contribution in [3.8, 4) is 11.5 Å². The minimum absolute atomic E-state index is 0.589. The lowest BCUT2D eigenvalue weighted by Gasteiger charge is -2.00. The van der Waals surface area contributed by atoms with Gasteiger partial charge in [0, 0.05) is 28.9 Å². The van der Waals surface area contributed by atoms with Crippen LogP contribution >= 0.6 is 11.6 Å². The van der Waals surface area contributed by atoms with Crippen LogP contribution in [0, 0.1) is 0 Å². The molecule has 3 rings (SSSR count). The molecule has 4 heteroatoms. The number of rotatable bonds is 3. The van der Waals surface area contributed by atoms with Gasteiger partial charge in [-0.15, -0.1) is 0 Å². The van der Waals surface area contributed by atoms with Gasteiger partial charge < -0.3 is 9.73 Å². The van der Waals surface area contributed by atoms with Gasteiger partial charge in [0.25, 0.3) is 0 Å². The second-order valence-electron chi connectivity index (χ2n) is 4.24. The van der Waals surface area contributed by atoms with Crippen LogP contribution in [0.4, 0.5) is 5.69 Å². The quantitative estimate of drug-likeness (QED) is 0.758. The molecule has 0 saturated heterocycles. The molecule has 1 heterocycles. The van der Waals surface area contributed by atoms with Crippen molar-refractivity contribution < 1.29 is 4.42 Å². The summed E-state index contributed by atoms with van der Waals surface area (Å²) in [6.45, 7) is 2.93. The zero-order valence-electron chi connectivity index (χ0n) is 10.5. The van der Waals surface area contributed by atoms with Crippen molar-refractivity contribution in [2.45, 2.75) is 6.92 Å². The van der Waals surface area contributed by atoms with Gasteiger partial charge in [-0.25, -0.2) is 4.98 Å². The Balaban J connectivity index is 2.06. The first-order chi connectivity index (χ1) is 9.26. The van der Waals surface area contributed by atoms with E-state index in [4.69, 9.17) is 16.0 Å². The topological polar surface area (TPSA) is 38.1 Å². The van der Waals surface area contributed by atoms with Crippen LogP contribution < -0.4 is 5.32 Å². The van der Waals surface area contributed by atoms with E-state index in [2.05, 4.69) is 17.2 Å². The van der Waals surface area contributed by atoms with Crippen molar-refractivity contribution in [2.24, 2.45) is 0 Å². The van der Waals surface area contributed by atoms with E-state index in [1.54, 1.807) is 0 Å². The molecule has 0 aliphatic rings. The van der Waals surface area contributed by atoms with Crippen molar-refractivity contribution in [2.75, 3.05) is 11.9 Å². The third-order valence-electron chi connectivity index (χ3n) is 2.84. The molecule has 1 N–H and O–H groups in total. The van der Waals surface area contributed by atoms with Crippen LogP contribution in [0.5, 0.6) is 0 Å². The molecule has 2 aromatic carbocycles. The fraction of sp³-hybridized carbons (Fsp3) is 0.133. The van der Waals surface area contributed by atoms with Crippen LogP contribution in [0.3, 0.4) is 0 Å². The molecule has 0 aliphatic carbocycles. The van der Waals surface area contributed by atoms with Crippen LogP contribution in [0.2, 0.25) is 5.02 Å². The van der Waals surface area contributed by atoms with Crippen LogP contribution in [0.15, 0.2) is 46.9 Å². The van der Waals surface area contributed by atoms with Gasteiger partial charge in [-0.05, 0) is 37.3 Å². The van der Waals surface area contributed by atoms with Crippen LogP contribution in [0.1, 0.15) is 6.92 Å². The van der Waals surface area contributed by atoms with E-state index in [9.17, 15) is 0 Å². The zero-order chi connectivity index (χ0) is 13.2. The van der Waals surface area contributed by atoms with Gasteiger partial charge >= 0.3 is 0 Å². The van der Waals surface area contributed by atoms with Crippen LogP contribution in [-0.2, 0) is 0 Å². The number of anilines is 1. The molecule has 1 aromatic heterocycles. The summed E-state index contributed by atoms with van der Waals surface area (Å²) < 4.78 is 5.79. The fourth-order valence-electron chi connectivity index (χ4n) is 1.98. The zero-order valence-corrected chi connectivity index (χ0v) is 11.2. The number of oxazole rings is 1. The molecule has 0 fully saturated rings. The monoisotopic (exact) mass is 272 g/mol. The van der Waals surface area contributed by atoms with E-state index >= 15 is 0 Å². The average molecular weight is 273 g/mol. The molecule has 0 saturated carbocycles. The van der Waals surface area contributed by atoms with Gasteiger partial charge in [0.2, 0.25) is 5.89 Å². The Morgan fingerprint density at radius 1 is 1.21 bits per heavy atom. The number of fused-ring (bicyclic) bond motifs is 1. The maximum absolute atomic E-state index is 5.98. The van der Waals surface area contributed by atoms with Gasteiger partial charge in [0.05, 0.1) is 0 Å². The highest BCUT2D eigenvalue weighted by Crippen LogP contribution is 2.27. The predicted molar refractivity (Wildman–Crippen MR) is 78.6 cm³/mol. The molecule has 0 atom stereocenters. The Morgan fingerprint density at radius 2 is 2.11 bits per heavy atom. The molecular weight excluding hydrogens is 260 g/mol. The lowest BCUT2D eigenvalue weighted by atomic mass is 10.2.